The lowest BCUT2D eigenvalue weighted by atomic mass is 10.1. The summed E-state index contributed by atoms with van der Waals surface area (Å²) in [6, 6.07) is 8.99. The van der Waals surface area contributed by atoms with Crippen LogP contribution in [0.2, 0.25) is 0 Å². The van der Waals surface area contributed by atoms with E-state index in [4.69, 9.17) is 14.1 Å². The van der Waals surface area contributed by atoms with E-state index in [-0.39, 0.29) is 16.3 Å². The van der Waals surface area contributed by atoms with Crippen molar-refractivity contribution in [2.75, 3.05) is 47.8 Å². The number of morpholine rings is 1. The summed E-state index contributed by atoms with van der Waals surface area (Å²) in [5.41, 5.74) is 0.874. The minimum Gasteiger partial charge on any atom is -0.451 e. The first kappa shape index (κ1) is 26.1. The number of aromatic nitrogens is 3. The maximum absolute atomic E-state index is 15.9. The number of benzene rings is 1. The van der Waals surface area contributed by atoms with Crippen LogP contribution in [0.4, 0.5) is 21.2 Å². The molecule has 10 nitrogen and oxygen atoms in total. The van der Waals surface area contributed by atoms with Crippen LogP contribution in [-0.4, -0.2) is 56.2 Å². The molecule has 2 N–H and O–H groups in total. The molecular formula is C25H27FN6O4S2. The number of furan rings is 1. The van der Waals surface area contributed by atoms with Crippen molar-refractivity contribution in [2.24, 2.45) is 5.92 Å². The minimum atomic E-state index is -4.11. The standard InChI is InChI=1S/C25H27FN6O4S2/c1-16(2)15-28-24-27-9-8-19(29-24)23-22(30-25(37-23)32-10-13-35-14-11-32)17-5-3-6-18(21(17)26)31-38(33,34)20-7-4-12-36-20/h3-9,12,16,31H,10-11,13-15H2,1-2H3,(H,27,28,29). The normalized spacial score (nSPS) is 14.2. The van der Waals surface area contributed by atoms with Crippen molar-refractivity contribution in [3.8, 4) is 21.8 Å². The minimum absolute atomic E-state index is 0.144. The van der Waals surface area contributed by atoms with E-state index in [0.29, 0.717) is 66.1 Å². The van der Waals surface area contributed by atoms with Crippen molar-refractivity contribution in [2.45, 2.75) is 18.9 Å². The highest BCUT2D eigenvalue weighted by Crippen LogP contribution is 2.42. The Morgan fingerprint density at radius 1 is 1.13 bits per heavy atom. The second-order valence-electron chi connectivity index (χ2n) is 9.02. The van der Waals surface area contributed by atoms with Crippen molar-refractivity contribution >= 4 is 38.1 Å². The Morgan fingerprint density at radius 2 is 1.95 bits per heavy atom. The fourth-order valence-electron chi connectivity index (χ4n) is 3.83. The van der Waals surface area contributed by atoms with E-state index in [9.17, 15) is 8.42 Å². The van der Waals surface area contributed by atoms with Gasteiger partial charge in [0.15, 0.2) is 10.9 Å². The van der Waals surface area contributed by atoms with E-state index in [1.807, 2.05) is 0 Å². The predicted molar refractivity (Wildman–Crippen MR) is 144 cm³/mol. The molecule has 4 heterocycles. The lowest BCUT2D eigenvalue weighted by Crippen LogP contribution is -2.36. The van der Waals surface area contributed by atoms with Gasteiger partial charge in [-0.2, -0.15) is 8.42 Å². The number of anilines is 3. The molecule has 3 aromatic heterocycles. The average Bonchev–Trinajstić information content (AvgIpc) is 3.61. The molecule has 200 valence electrons. The Kier molecular flexibility index (Phi) is 7.58. The van der Waals surface area contributed by atoms with Gasteiger partial charge in [0.2, 0.25) is 11.0 Å². The zero-order chi connectivity index (χ0) is 26.7. The Morgan fingerprint density at radius 3 is 2.68 bits per heavy atom. The summed E-state index contributed by atoms with van der Waals surface area (Å²) < 4.78 is 54.0. The topological polar surface area (TPSA) is 122 Å². The first-order valence-electron chi connectivity index (χ1n) is 12.1. The first-order valence-corrected chi connectivity index (χ1v) is 14.4. The lowest BCUT2D eigenvalue weighted by Gasteiger charge is -2.26. The number of hydrogen-bond acceptors (Lipinski definition) is 10. The predicted octanol–water partition coefficient (Wildman–Crippen LogP) is 4.70. The number of hydrogen-bond donors (Lipinski definition) is 2. The third-order valence-electron chi connectivity index (χ3n) is 5.71. The molecule has 0 unspecified atom stereocenters. The number of halogens is 1. The number of rotatable bonds is 9. The van der Waals surface area contributed by atoms with E-state index in [1.165, 1.54) is 35.8 Å². The lowest BCUT2D eigenvalue weighted by molar-refractivity contribution is 0.122. The molecule has 1 aromatic carbocycles. The van der Waals surface area contributed by atoms with Crippen LogP contribution in [-0.2, 0) is 14.8 Å². The van der Waals surface area contributed by atoms with Gasteiger partial charge in [-0.3, -0.25) is 4.72 Å². The molecule has 1 aliphatic rings. The smallest absolute Gasteiger partial charge is 0.295 e. The number of nitrogens with zero attached hydrogens (tertiary/aromatic N) is 4. The van der Waals surface area contributed by atoms with Gasteiger partial charge in [-0.05, 0) is 36.2 Å². The molecule has 4 aromatic rings. The molecule has 0 spiro atoms. The zero-order valence-corrected chi connectivity index (χ0v) is 22.5. The van der Waals surface area contributed by atoms with Gasteiger partial charge >= 0.3 is 0 Å². The van der Waals surface area contributed by atoms with Crippen molar-refractivity contribution in [3.05, 3.63) is 54.7 Å². The summed E-state index contributed by atoms with van der Waals surface area (Å²) in [7, 11) is -4.11. The highest BCUT2D eigenvalue weighted by atomic mass is 32.2. The average molecular weight is 559 g/mol. The second kappa shape index (κ2) is 11.1. The van der Waals surface area contributed by atoms with Gasteiger partial charge in [-0.1, -0.05) is 31.3 Å². The molecule has 1 fully saturated rings. The van der Waals surface area contributed by atoms with Gasteiger partial charge in [0, 0.05) is 31.4 Å². The van der Waals surface area contributed by atoms with Gasteiger partial charge < -0.3 is 19.4 Å². The highest BCUT2D eigenvalue weighted by molar-refractivity contribution is 7.92. The van der Waals surface area contributed by atoms with Gasteiger partial charge in [0.05, 0.1) is 41.4 Å². The monoisotopic (exact) mass is 558 g/mol. The van der Waals surface area contributed by atoms with Gasteiger partial charge in [-0.15, -0.1) is 0 Å². The zero-order valence-electron chi connectivity index (χ0n) is 20.8. The van der Waals surface area contributed by atoms with Crippen molar-refractivity contribution in [3.63, 3.8) is 0 Å². The molecule has 13 heteroatoms. The number of nitrogens with one attached hydrogen (secondary N) is 2. The number of ether oxygens (including phenoxy) is 1. The molecule has 38 heavy (non-hydrogen) atoms. The van der Waals surface area contributed by atoms with Crippen LogP contribution in [0.15, 0.2) is 58.4 Å². The summed E-state index contributed by atoms with van der Waals surface area (Å²) in [4.78, 5) is 16.5. The fraction of sp³-hybridized carbons (Fsp3) is 0.320. The molecule has 1 aliphatic heterocycles. The van der Waals surface area contributed by atoms with Crippen molar-refractivity contribution < 1.29 is 22.0 Å². The van der Waals surface area contributed by atoms with Crippen LogP contribution < -0.4 is 14.9 Å². The molecule has 0 saturated carbocycles. The molecule has 0 radical (unpaired) electrons. The van der Waals surface area contributed by atoms with Crippen LogP contribution >= 0.6 is 11.3 Å². The summed E-state index contributed by atoms with van der Waals surface area (Å²) in [6.45, 7) is 7.32. The molecule has 1 saturated heterocycles. The third kappa shape index (κ3) is 5.64. The van der Waals surface area contributed by atoms with Gasteiger partial charge in [0.1, 0.15) is 0 Å². The second-order valence-corrected chi connectivity index (χ2v) is 11.6. The molecule has 0 bridgehead atoms. The van der Waals surface area contributed by atoms with Gasteiger partial charge in [-0.25, -0.2) is 19.3 Å². The Hall–Kier alpha value is -3.55. The molecule has 0 amide bonds. The number of sulfonamides is 1. The molecule has 5 rings (SSSR count). The third-order valence-corrected chi connectivity index (χ3v) is 8.10. The Bertz CT molecular complexity index is 1500. The van der Waals surface area contributed by atoms with Crippen LogP contribution in [0.1, 0.15) is 13.8 Å². The summed E-state index contributed by atoms with van der Waals surface area (Å²) in [5, 5.41) is 3.61. The summed E-state index contributed by atoms with van der Waals surface area (Å²) in [6.07, 6.45) is 2.88. The molecular weight excluding hydrogens is 531 g/mol. The van der Waals surface area contributed by atoms with E-state index in [0.717, 1.165) is 0 Å². The Balaban J connectivity index is 1.57. The number of thiazole rings is 1. The van der Waals surface area contributed by atoms with E-state index in [2.05, 4.69) is 38.8 Å². The maximum atomic E-state index is 15.9. The van der Waals surface area contributed by atoms with Crippen LogP contribution in [0, 0.1) is 11.7 Å². The SMILES string of the molecule is CC(C)CNc1nccc(-c2sc(N3CCOCC3)nc2-c2cccc(NS(=O)(=O)c3ccco3)c2F)n1. The van der Waals surface area contributed by atoms with E-state index in [1.54, 1.807) is 24.4 Å². The summed E-state index contributed by atoms with van der Waals surface area (Å²) >= 11 is 1.39. The van der Waals surface area contributed by atoms with Gasteiger partial charge in [0.25, 0.3) is 10.0 Å². The van der Waals surface area contributed by atoms with Crippen molar-refractivity contribution in [1.82, 2.24) is 15.0 Å². The molecule has 0 atom stereocenters. The largest absolute Gasteiger partial charge is 0.451 e. The van der Waals surface area contributed by atoms with Crippen molar-refractivity contribution in [1.29, 1.82) is 0 Å². The van der Waals surface area contributed by atoms with Crippen LogP contribution in [0.25, 0.3) is 21.8 Å². The van der Waals surface area contributed by atoms with E-state index < -0.39 is 15.8 Å². The highest BCUT2D eigenvalue weighted by Gasteiger charge is 2.26. The summed E-state index contributed by atoms with van der Waals surface area (Å²) in [5.74, 6) is 0.106. The maximum Gasteiger partial charge on any atom is 0.295 e. The quantitative estimate of drug-likeness (QED) is 0.301. The van der Waals surface area contributed by atoms with Crippen LogP contribution in [0.3, 0.4) is 0 Å². The first-order chi connectivity index (χ1) is 18.3. The van der Waals surface area contributed by atoms with E-state index >= 15 is 4.39 Å². The Labute approximate surface area is 224 Å². The molecule has 0 aliphatic carbocycles. The fourth-order valence-corrected chi connectivity index (χ4v) is 5.92. The van der Waals surface area contributed by atoms with Crippen LogP contribution in [0.5, 0.6) is 0 Å².